The molecule has 0 spiro atoms. The molecule has 2 aliphatic rings. The van der Waals surface area contributed by atoms with Gasteiger partial charge in [0.15, 0.2) is 5.82 Å². The van der Waals surface area contributed by atoms with E-state index in [0.29, 0.717) is 36.0 Å². The molecule has 10 heteroatoms. The molecule has 32 heavy (non-hydrogen) atoms. The first-order chi connectivity index (χ1) is 15.5. The number of halogens is 1. The number of aromatic nitrogens is 3. The lowest BCUT2D eigenvalue weighted by atomic mass is 10.1. The molecule has 2 amide bonds. The van der Waals surface area contributed by atoms with Crippen LogP contribution in [0.25, 0.3) is 0 Å². The number of para-hydroxylation sites is 2. The van der Waals surface area contributed by atoms with E-state index in [4.69, 9.17) is 9.47 Å². The first kappa shape index (κ1) is 20.1. The number of likely N-dealkylation sites (N-methyl/N-ethyl adjacent to an activating group) is 1. The highest BCUT2D eigenvalue weighted by molar-refractivity contribution is 6.02. The van der Waals surface area contributed by atoms with Crippen molar-refractivity contribution < 1.29 is 23.5 Å². The van der Waals surface area contributed by atoms with Gasteiger partial charge >= 0.3 is 0 Å². The van der Waals surface area contributed by atoms with E-state index >= 15 is 0 Å². The summed E-state index contributed by atoms with van der Waals surface area (Å²) in [4.78, 5) is 31.5. The summed E-state index contributed by atoms with van der Waals surface area (Å²) in [6.45, 7) is 0.652. The minimum absolute atomic E-state index is 0.0273. The third-order valence-corrected chi connectivity index (χ3v) is 5.48. The maximum atomic E-state index is 14.3. The number of anilines is 1. The van der Waals surface area contributed by atoms with Gasteiger partial charge in [-0.2, -0.15) is 0 Å². The minimum atomic E-state index is -0.918. The number of rotatable bonds is 3. The van der Waals surface area contributed by atoms with E-state index < -0.39 is 23.9 Å². The zero-order chi connectivity index (χ0) is 22.2. The van der Waals surface area contributed by atoms with Crippen molar-refractivity contribution in [3.8, 4) is 5.75 Å². The third kappa shape index (κ3) is 3.48. The average molecular weight is 437 g/mol. The Morgan fingerprint density at radius 3 is 2.81 bits per heavy atom. The van der Waals surface area contributed by atoms with Gasteiger partial charge in [0.2, 0.25) is 5.82 Å². The molecule has 1 aromatic heterocycles. The summed E-state index contributed by atoms with van der Waals surface area (Å²) in [5.41, 5.74) is 0.939. The summed E-state index contributed by atoms with van der Waals surface area (Å²) in [6, 6.07) is 12.5. The summed E-state index contributed by atoms with van der Waals surface area (Å²) in [6.07, 6.45) is -0.775. The molecule has 0 saturated heterocycles. The van der Waals surface area contributed by atoms with Crippen LogP contribution in [0.4, 0.5) is 10.1 Å². The van der Waals surface area contributed by atoms with Gasteiger partial charge in [-0.15, -0.1) is 5.10 Å². The van der Waals surface area contributed by atoms with Crippen LogP contribution < -0.4 is 15.0 Å². The molecule has 9 nitrogen and oxygen atoms in total. The highest BCUT2D eigenvalue weighted by Gasteiger charge is 2.33. The van der Waals surface area contributed by atoms with Crippen molar-refractivity contribution >= 4 is 17.5 Å². The highest BCUT2D eigenvalue weighted by atomic mass is 19.1. The lowest BCUT2D eigenvalue weighted by Crippen LogP contribution is -2.49. The molecule has 2 aliphatic heterocycles. The van der Waals surface area contributed by atoms with Crippen LogP contribution in [0.15, 0.2) is 48.5 Å². The second-order valence-corrected chi connectivity index (χ2v) is 7.49. The molecule has 3 heterocycles. The van der Waals surface area contributed by atoms with Crippen LogP contribution in [-0.2, 0) is 16.1 Å². The Labute approximate surface area is 182 Å². The maximum Gasteiger partial charge on any atom is 0.291 e. The molecular formula is C22H20FN5O4. The molecule has 0 unspecified atom stereocenters. The molecule has 2 atom stereocenters. The van der Waals surface area contributed by atoms with E-state index in [0.717, 1.165) is 0 Å². The lowest BCUT2D eigenvalue weighted by molar-refractivity contribution is -0.120. The van der Waals surface area contributed by atoms with Crippen molar-refractivity contribution in [2.24, 2.45) is 0 Å². The van der Waals surface area contributed by atoms with E-state index in [1.54, 1.807) is 43.4 Å². The van der Waals surface area contributed by atoms with E-state index in [2.05, 4.69) is 15.4 Å². The molecule has 2 aromatic carbocycles. The second-order valence-electron chi connectivity index (χ2n) is 7.49. The number of benzene rings is 2. The van der Waals surface area contributed by atoms with Crippen molar-refractivity contribution in [2.45, 2.75) is 18.7 Å². The molecule has 164 valence electrons. The van der Waals surface area contributed by atoms with Gasteiger partial charge in [-0.25, -0.2) is 14.1 Å². The third-order valence-electron chi connectivity index (χ3n) is 5.48. The number of carbonyl (C=O) groups excluding carboxylic acids is 2. The smallest absolute Gasteiger partial charge is 0.291 e. The number of ether oxygens (including phenoxy) is 2. The zero-order valence-electron chi connectivity index (χ0n) is 17.2. The first-order valence-electron chi connectivity index (χ1n) is 10.1. The van der Waals surface area contributed by atoms with E-state index in [-0.39, 0.29) is 18.3 Å². The molecule has 0 saturated carbocycles. The number of nitrogens with one attached hydrogen (secondary N) is 1. The maximum absolute atomic E-state index is 14.3. The Balaban J connectivity index is 1.37. The average Bonchev–Trinajstić information content (AvgIpc) is 3.22. The topological polar surface area (TPSA) is 98.6 Å². The summed E-state index contributed by atoms with van der Waals surface area (Å²) < 4.78 is 27.3. The van der Waals surface area contributed by atoms with Crippen LogP contribution >= 0.6 is 0 Å². The normalized spacial score (nSPS) is 20.1. The minimum Gasteiger partial charge on any atom is -0.489 e. The van der Waals surface area contributed by atoms with Crippen molar-refractivity contribution in [1.29, 1.82) is 0 Å². The van der Waals surface area contributed by atoms with Crippen LogP contribution in [0, 0.1) is 5.82 Å². The number of hydrogen-bond acceptors (Lipinski definition) is 6. The van der Waals surface area contributed by atoms with Gasteiger partial charge in [-0.05, 0) is 18.2 Å². The fourth-order valence-electron chi connectivity index (χ4n) is 3.84. The monoisotopic (exact) mass is 437 g/mol. The molecule has 0 fully saturated rings. The first-order valence-corrected chi connectivity index (χ1v) is 10.1. The number of fused-ring (bicyclic) bond motifs is 2. The van der Waals surface area contributed by atoms with E-state index in [9.17, 15) is 14.0 Å². The Morgan fingerprint density at radius 1 is 1.19 bits per heavy atom. The second kappa shape index (κ2) is 8.04. The number of carbonyl (C=O) groups is 2. The predicted molar refractivity (Wildman–Crippen MR) is 111 cm³/mol. The molecule has 1 N–H and O–H groups in total. The molecular weight excluding hydrogens is 417 g/mol. The number of nitrogens with zero attached hydrogens (tertiary/aromatic N) is 4. The van der Waals surface area contributed by atoms with Crippen LogP contribution in [0.5, 0.6) is 5.75 Å². The van der Waals surface area contributed by atoms with Crippen LogP contribution in [0.3, 0.4) is 0 Å². The van der Waals surface area contributed by atoms with Crippen LogP contribution in [0.1, 0.15) is 28.1 Å². The van der Waals surface area contributed by atoms with E-state index in [1.165, 1.54) is 15.6 Å². The largest absolute Gasteiger partial charge is 0.489 e. The van der Waals surface area contributed by atoms with Crippen molar-refractivity contribution in [2.75, 3.05) is 25.2 Å². The number of hydrogen-bond donors (Lipinski definition) is 1. The Bertz CT molecular complexity index is 1200. The summed E-state index contributed by atoms with van der Waals surface area (Å²) in [5.74, 6) is -0.604. The van der Waals surface area contributed by atoms with Gasteiger partial charge in [-0.3, -0.25) is 9.59 Å². The predicted octanol–water partition coefficient (Wildman–Crippen LogP) is 1.69. The standard InChI is InChI=1S/C22H20FN5O4/c1-27-16-8-4-5-9-17(16)32-12-15(22(27)30)24-21(29)19-25-20-18(31-11-10-28(20)26-19)13-6-2-3-7-14(13)23/h2-9,15,18H,10-12H2,1H3,(H,24,29)/t15-,18+/m0/s1. The van der Waals surface area contributed by atoms with Gasteiger partial charge in [0.1, 0.15) is 30.3 Å². The summed E-state index contributed by atoms with van der Waals surface area (Å²) in [5, 5.41) is 6.91. The van der Waals surface area contributed by atoms with Crippen molar-refractivity contribution in [3.05, 3.63) is 71.6 Å². The summed E-state index contributed by atoms with van der Waals surface area (Å²) >= 11 is 0. The Hall–Kier alpha value is -3.79. The molecule has 0 radical (unpaired) electrons. The van der Waals surface area contributed by atoms with E-state index in [1.807, 2.05) is 6.07 Å². The molecule has 0 aliphatic carbocycles. The van der Waals surface area contributed by atoms with Gasteiger partial charge < -0.3 is 19.7 Å². The molecule has 5 rings (SSSR count). The lowest BCUT2D eigenvalue weighted by Gasteiger charge is -2.23. The van der Waals surface area contributed by atoms with Crippen molar-refractivity contribution in [1.82, 2.24) is 20.1 Å². The van der Waals surface area contributed by atoms with Crippen molar-refractivity contribution in [3.63, 3.8) is 0 Å². The highest BCUT2D eigenvalue weighted by Crippen LogP contribution is 2.31. The quantitative estimate of drug-likeness (QED) is 0.670. The van der Waals surface area contributed by atoms with Gasteiger partial charge in [-0.1, -0.05) is 30.3 Å². The molecule has 3 aromatic rings. The fraction of sp³-hybridized carbons (Fsp3) is 0.273. The number of amides is 2. The van der Waals surface area contributed by atoms with Crippen LogP contribution in [-0.4, -0.2) is 52.9 Å². The van der Waals surface area contributed by atoms with Gasteiger partial charge in [0.05, 0.1) is 18.8 Å². The Kier molecular flexibility index (Phi) is 5.06. The molecule has 0 bridgehead atoms. The fourth-order valence-corrected chi connectivity index (χ4v) is 3.84. The SMILES string of the molecule is CN1C(=O)[C@@H](NC(=O)c2nc3n(n2)CCO[C@@H]3c2ccccc2F)COc2ccccc21. The van der Waals surface area contributed by atoms with Gasteiger partial charge in [0, 0.05) is 12.6 Å². The van der Waals surface area contributed by atoms with Crippen LogP contribution in [0.2, 0.25) is 0 Å². The zero-order valence-corrected chi connectivity index (χ0v) is 17.2. The van der Waals surface area contributed by atoms with Gasteiger partial charge in [0.25, 0.3) is 11.8 Å². The Morgan fingerprint density at radius 2 is 1.97 bits per heavy atom. The summed E-state index contributed by atoms with van der Waals surface area (Å²) in [7, 11) is 1.62.